The summed E-state index contributed by atoms with van der Waals surface area (Å²) < 4.78 is 25.2. The van der Waals surface area contributed by atoms with Crippen LogP contribution in [0.15, 0.2) is 48.5 Å². The summed E-state index contributed by atoms with van der Waals surface area (Å²) >= 11 is 0. The second-order valence-electron chi connectivity index (χ2n) is 5.09. The minimum absolute atomic E-state index is 0.00646. The van der Waals surface area contributed by atoms with Gasteiger partial charge in [-0.1, -0.05) is 30.3 Å². The summed E-state index contributed by atoms with van der Waals surface area (Å²) in [6.07, 6.45) is -2.47. The van der Waals surface area contributed by atoms with E-state index in [0.29, 0.717) is 11.3 Å². The van der Waals surface area contributed by atoms with Crippen molar-refractivity contribution in [3.05, 3.63) is 65.2 Å². The van der Waals surface area contributed by atoms with Crippen molar-refractivity contribution in [1.29, 1.82) is 5.26 Å². The predicted molar refractivity (Wildman–Crippen MR) is 81.6 cm³/mol. The standard InChI is InChI=1S/C18H12F2N2/c1-11-8-16(13-3-5-14(6-4-13)18(19)20)22-17-9-12(10-21)2-7-15(11)17/h2-9,18H,1H3. The van der Waals surface area contributed by atoms with Gasteiger partial charge in [0.25, 0.3) is 6.43 Å². The van der Waals surface area contributed by atoms with Crippen LogP contribution in [0, 0.1) is 18.3 Å². The first kappa shape index (κ1) is 14.2. The van der Waals surface area contributed by atoms with Crippen LogP contribution in [0.4, 0.5) is 8.78 Å². The Morgan fingerprint density at radius 2 is 1.77 bits per heavy atom. The molecule has 2 nitrogen and oxygen atoms in total. The largest absolute Gasteiger partial charge is 0.263 e. The van der Waals surface area contributed by atoms with E-state index in [9.17, 15) is 8.78 Å². The van der Waals surface area contributed by atoms with Crippen LogP contribution in [0.3, 0.4) is 0 Å². The van der Waals surface area contributed by atoms with Crippen LogP contribution in [-0.4, -0.2) is 4.98 Å². The van der Waals surface area contributed by atoms with E-state index in [2.05, 4.69) is 11.1 Å². The summed E-state index contributed by atoms with van der Waals surface area (Å²) in [5.41, 5.74) is 3.78. The molecule has 3 rings (SSSR count). The molecule has 2 aromatic carbocycles. The third-order valence-electron chi connectivity index (χ3n) is 3.60. The first-order valence-electron chi connectivity index (χ1n) is 6.78. The van der Waals surface area contributed by atoms with Crippen molar-refractivity contribution < 1.29 is 8.78 Å². The molecular weight excluding hydrogens is 282 g/mol. The van der Waals surface area contributed by atoms with E-state index in [1.165, 1.54) is 12.1 Å². The molecule has 4 heteroatoms. The molecule has 0 fully saturated rings. The Labute approximate surface area is 126 Å². The Morgan fingerprint density at radius 3 is 2.41 bits per heavy atom. The normalized spacial score (nSPS) is 10.9. The summed E-state index contributed by atoms with van der Waals surface area (Å²) in [7, 11) is 0. The third-order valence-corrected chi connectivity index (χ3v) is 3.60. The maximum absolute atomic E-state index is 12.6. The first-order chi connectivity index (χ1) is 10.6. The van der Waals surface area contributed by atoms with Gasteiger partial charge in [0.05, 0.1) is 22.8 Å². The van der Waals surface area contributed by atoms with E-state index in [1.807, 2.05) is 19.1 Å². The Hall–Kier alpha value is -2.80. The maximum atomic E-state index is 12.6. The predicted octanol–water partition coefficient (Wildman–Crippen LogP) is 5.02. The second-order valence-corrected chi connectivity index (χ2v) is 5.09. The van der Waals surface area contributed by atoms with Crippen molar-refractivity contribution in [1.82, 2.24) is 4.98 Å². The number of fused-ring (bicyclic) bond motifs is 1. The smallest absolute Gasteiger partial charge is 0.248 e. The molecule has 0 saturated heterocycles. The van der Waals surface area contributed by atoms with Crippen molar-refractivity contribution in [2.45, 2.75) is 13.3 Å². The van der Waals surface area contributed by atoms with Crippen molar-refractivity contribution in [3.8, 4) is 17.3 Å². The van der Waals surface area contributed by atoms with E-state index in [4.69, 9.17) is 5.26 Å². The van der Waals surface area contributed by atoms with Crippen molar-refractivity contribution in [3.63, 3.8) is 0 Å². The lowest BCUT2D eigenvalue weighted by molar-refractivity contribution is 0.151. The van der Waals surface area contributed by atoms with Gasteiger partial charge in [-0.3, -0.25) is 0 Å². The quantitative estimate of drug-likeness (QED) is 0.665. The van der Waals surface area contributed by atoms with Gasteiger partial charge < -0.3 is 0 Å². The molecule has 1 aromatic heterocycles. The van der Waals surface area contributed by atoms with E-state index in [-0.39, 0.29) is 5.56 Å². The van der Waals surface area contributed by atoms with E-state index >= 15 is 0 Å². The summed E-state index contributed by atoms with van der Waals surface area (Å²) in [6.45, 7) is 1.97. The Kier molecular flexibility index (Phi) is 3.56. The molecule has 0 spiro atoms. The van der Waals surface area contributed by atoms with Gasteiger partial charge in [-0.2, -0.15) is 5.26 Å². The molecule has 22 heavy (non-hydrogen) atoms. The van der Waals surface area contributed by atoms with E-state index < -0.39 is 6.43 Å². The number of nitriles is 1. The number of nitrogens with zero attached hydrogens (tertiary/aromatic N) is 2. The molecule has 0 bridgehead atoms. The molecule has 1 heterocycles. The number of rotatable bonds is 2. The highest BCUT2D eigenvalue weighted by atomic mass is 19.3. The van der Waals surface area contributed by atoms with E-state index in [1.54, 1.807) is 24.3 Å². The number of halogens is 2. The van der Waals surface area contributed by atoms with Gasteiger partial charge in [-0.25, -0.2) is 13.8 Å². The fourth-order valence-electron chi connectivity index (χ4n) is 2.42. The van der Waals surface area contributed by atoms with Crippen LogP contribution in [0.2, 0.25) is 0 Å². The highest BCUT2D eigenvalue weighted by Crippen LogP contribution is 2.27. The average Bonchev–Trinajstić information content (AvgIpc) is 2.54. The molecule has 0 aliphatic heterocycles. The molecule has 0 saturated carbocycles. The SMILES string of the molecule is Cc1cc(-c2ccc(C(F)F)cc2)nc2cc(C#N)ccc12. The van der Waals surface area contributed by atoms with Gasteiger partial charge in [0.2, 0.25) is 0 Å². The third kappa shape index (κ3) is 2.53. The van der Waals surface area contributed by atoms with Crippen LogP contribution in [0.1, 0.15) is 23.1 Å². The molecule has 3 aromatic rings. The van der Waals surface area contributed by atoms with Crippen LogP contribution < -0.4 is 0 Å². The monoisotopic (exact) mass is 294 g/mol. The molecule has 0 amide bonds. The number of aryl methyl sites for hydroxylation is 1. The molecule has 0 atom stereocenters. The lowest BCUT2D eigenvalue weighted by atomic mass is 10.0. The minimum Gasteiger partial charge on any atom is -0.248 e. The van der Waals surface area contributed by atoms with Crippen LogP contribution >= 0.6 is 0 Å². The second kappa shape index (κ2) is 5.53. The van der Waals surface area contributed by atoms with Gasteiger partial charge in [0.1, 0.15) is 0 Å². The number of alkyl halides is 2. The number of hydrogen-bond donors (Lipinski definition) is 0. The zero-order chi connectivity index (χ0) is 15.7. The number of benzene rings is 2. The molecule has 108 valence electrons. The highest BCUT2D eigenvalue weighted by molar-refractivity contribution is 5.86. The Balaban J connectivity index is 2.12. The molecular formula is C18H12F2N2. The number of aromatic nitrogens is 1. The van der Waals surface area contributed by atoms with Crippen LogP contribution in [0.5, 0.6) is 0 Å². The molecule has 0 unspecified atom stereocenters. The summed E-state index contributed by atoms with van der Waals surface area (Å²) in [4.78, 5) is 4.55. The zero-order valence-corrected chi connectivity index (χ0v) is 11.8. The molecule has 0 aliphatic carbocycles. The Morgan fingerprint density at radius 1 is 1.05 bits per heavy atom. The van der Waals surface area contributed by atoms with Crippen molar-refractivity contribution in [2.24, 2.45) is 0 Å². The molecule has 0 aliphatic rings. The van der Waals surface area contributed by atoms with E-state index in [0.717, 1.165) is 22.0 Å². The van der Waals surface area contributed by atoms with Gasteiger partial charge in [-0.05, 0) is 30.7 Å². The number of pyridine rings is 1. The zero-order valence-electron chi connectivity index (χ0n) is 11.8. The Bertz CT molecular complexity index is 878. The summed E-state index contributed by atoms with van der Waals surface area (Å²) in [6, 6.07) is 15.5. The summed E-state index contributed by atoms with van der Waals surface area (Å²) in [5, 5.41) is 9.97. The fourth-order valence-corrected chi connectivity index (χ4v) is 2.42. The minimum atomic E-state index is -2.47. The highest BCUT2D eigenvalue weighted by Gasteiger charge is 2.09. The first-order valence-corrected chi connectivity index (χ1v) is 6.78. The lowest BCUT2D eigenvalue weighted by Gasteiger charge is -2.08. The fraction of sp³-hybridized carbons (Fsp3) is 0.111. The average molecular weight is 294 g/mol. The van der Waals surface area contributed by atoms with Crippen molar-refractivity contribution in [2.75, 3.05) is 0 Å². The maximum Gasteiger partial charge on any atom is 0.263 e. The van der Waals surface area contributed by atoms with Gasteiger partial charge in [0, 0.05) is 16.5 Å². The lowest BCUT2D eigenvalue weighted by Crippen LogP contribution is -1.91. The van der Waals surface area contributed by atoms with Gasteiger partial charge in [0.15, 0.2) is 0 Å². The molecule has 0 radical (unpaired) electrons. The van der Waals surface area contributed by atoms with Crippen LogP contribution in [0.25, 0.3) is 22.2 Å². The van der Waals surface area contributed by atoms with Crippen molar-refractivity contribution >= 4 is 10.9 Å². The number of hydrogen-bond acceptors (Lipinski definition) is 2. The molecule has 0 N–H and O–H groups in total. The van der Waals surface area contributed by atoms with Gasteiger partial charge >= 0.3 is 0 Å². The summed E-state index contributed by atoms with van der Waals surface area (Å²) in [5.74, 6) is 0. The topological polar surface area (TPSA) is 36.7 Å². The van der Waals surface area contributed by atoms with Gasteiger partial charge in [-0.15, -0.1) is 0 Å². The van der Waals surface area contributed by atoms with Crippen LogP contribution in [-0.2, 0) is 0 Å².